The molecular weight excluding hydrogens is 276 g/mol. The van der Waals surface area contributed by atoms with E-state index in [1.807, 2.05) is 0 Å². The van der Waals surface area contributed by atoms with Gasteiger partial charge in [0.1, 0.15) is 0 Å². The van der Waals surface area contributed by atoms with Gasteiger partial charge in [-0.05, 0) is 50.1 Å². The fraction of sp³-hybridized carbons (Fsp3) is 0.500. The summed E-state index contributed by atoms with van der Waals surface area (Å²) in [6.07, 6.45) is 4.57. The summed E-state index contributed by atoms with van der Waals surface area (Å²) < 4.78 is 22.6. The molecule has 1 aromatic carbocycles. The van der Waals surface area contributed by atoms with Crippen LogP contribution >= 0.6 is 0 Å². The van der Waals surface area contributed by atoms with Gasteiger partial charge in [0.2, 0.25) is 0 Å². The third-order valence-corrected chi connectivity index (χ3v) is 4.32. The largest absolute Gasteiger partial charge is 0.352 e. The van der Waals surface area contributed by atoms with E-state index < -0.39 is 9.84 Å². The average Bonchev–Trinajstić information content (AvgIpc) is 3.21. The molecule has 20 heavy (non-hydrogen) atoms. The molecule has 1 saturated carbocycles. The van der Waals surface area contributed by atoms with E-state index in [4.69, 9.17) is 0 Å². The first kappa shape index (κ1) is 15.0. The van der Waals surface area contributed by atoms with Gasteiger partial charge in [-0.3, -0.25) is 4.79 Å². The van der Waals surface area contributed by atoms with Crippen molar-refractivity contribution in [3.63, 3.8) is 0 Å². The maximum Gasteiger partial charge on any atom is 0.251 e. The van der Waals surface area contributed by atoms with Crippen LogP contribution in [-0.4, -0.2) is 39.7 Å². The zero-order valence-electron chi connectivity index (χ0n) is 11.6. The molecule has 0 radical (unpaired) electrons. The molecule has 1 fully saturated rings. The first-order valence-electron chi connectivity index (χ1n) is 6.78. The SMILES string of the molecule is CS(=O)(=O)c1ccc(C(=O)NCCCNC2CC2)cc1. The van der Waals surface area contributed by atoms with E-state index in [-0.39, 0.29) is 10.8 Å². The fourth-order valence-corrected chi connectivity index (χ4v) is 2.47. The highest BCUT2D eigenvalue weighted by Crippen LogP contribution is 2.18. The smallest absolute Gasteiger partial charge is 0.251 e. The molecule has 0 bridgehead atoms. The molecule has 0 unspecified atom stereocenters. The van der Waals surface area contributed by atoms with Crippen LogP contribution in [0.25, 0.3) is 0 Å². The first-order chi connectivity index (χ1) is 9.47. The second-order valence-corrected chi connectivity index (χ2v) is 7.15. The Morgan fingerprint density at radius 3 is 2.40 bits per heavy atom. The highest BCUT2D eigenvalue weighted by Gasteiger charge is 2.19. The number of carbonyl (C=O) groups excluding carboxylic acids is 1. The molecule has 0 spiro atoms. The molecule has 1 amide bonds. The summed E-state index contributed by atoms with van der Waals surface area (Å²) in [4.78, 5) is 12.1. The number of carbonyl (C=O) groups is 1. The third-order valence-electron chi connectivity index (χ3n) is 3.19. The van der Waals surface area contributed by atoms with Crippen molar-refractivity contribution in [1.29, 1.82) is 0 Å². The van der Waals surface area contributed by atoms with Gasteiger partial charge in [0.05, 0.1) is 4.90 Å². The molecule has 2 rings (SSSR count). The zero-order valence-corrected chi connectivity index (χ0v) is 12.4. The van der Waals surface area contributed by atoms with Crippen molar-refractivity contribution >= 4 is 15.7 Å². The highest BCUT2D eigenvalue weighted by atomic mass is 32.2. The Labute approximate surface area is 119 Å². The summed E-state index contributed by atoms with van der Waals surface area (Å²) in [5.41, 5.74) is 0.479. The molecule has 6 heteroatoms. The Hall–Kier alpha value is -1.40. The van der Waals surface area contributed by atoms with Crippen LogP contribution < -0.4 is 10.6 Å². The second-order valence-electron chi connectivity index (χ2n) is 5.13. The molecule has 1 aromatic rings. The van der Waals surface area contributed by atoms with Gasteiger partial charge in [0.25, 0.3) is 5.91 Å². The van der Waals surface area contributed by atoms with Gasteiger partial charge >= 0.3 is 0 Å². The molecule has 0 aliphatic heterocycles. The van der Waals surface area contributed by atoms with Crippen LogP contribution in [0.4, 0.5) is 0 Å². The Morgan fingerprint density at radius 1 is 1.20 bits per heavy atom. The minimum atomic E-state index is -3.21. The minimum Gasteiger partial charge on any atom is -0.352 e. The van der Waals surface area contributed by atoms with E-state index >= 15 is 0 Å². The quantitative estimate of drug-likeness (QED) is 0.735. The zero-order chi connectivity index (χ0) is 14.6. The van der Waals surface area contributed by atoms with Crippen LogP contribution in [-0.2, 0) is 9.84 Å². The number of sulfone groups is 1. The number of hydrogen-bond donors (Lipinski definition) is 2. The molecule has 0 saturated heterocycles. The Balaban J connectivity index is 1.76. The van der Waals surface area contributed by atoms with Gasteiger partial charge in [-0.15, -0.1) is 0 Å². The predicted molar refractivity (Wildman–Crippen MR) is 77.5 cm³/mol. The third kappa shape index (κ3) is 4.61. The average molecular weight is 296 g/mol. The van der Waals surface area contributed by atoms with Crippen LogP contribution in [0.5, 0.6) is 0 Å². The maximum atomic E-state index is 11.8. The molecule has 1 aliphatic rings. The Morgan fingerprint density at radius 2 is 1.85 bits per heavy atom. The Kier molecular flexibility index (Phi) is 4.77. The molecule has 0 heterocycles. The molecule has 0 aromatic heterocycles. The van der Waals surface area contributed by atoms with Crippen molar-refractivity contribution in [2.75, 3.05) is 19.3 Å². The maximum absolute atomic E-state index is 11.8. The predicted octanol–water partition coefficient (Wildman–Crippen LogP) is 0.962. The van der Waals surface area contributed by atoms with E-state index in [9.17, 15) is 13.2 Å². The first-order valence-corrected chi connectivity index (χ1v) is 8.67. The summed E-state index contributed by atoms with van der Waals surface area (Å²) in [6.45, 7) is 1.53. The van der Waals surface area contributed by atoms with Crippen molar-refractivity contribution in [3.8, 4) is 0 Å². The van der Waals surface area contributed by atoms with Gasteiger partial charge in [0, 0.05) is 24.4 Å². The lowest BCUT2D eigenvalue weighted by Crippen LogP contribution is -2.27. The summed E-state index contributed by atoms with van der Waals surface area (Å²) in [7, 11) is -3.21. The van der Waals surface area contributed by atoms with E-state index in [1.165, 1.54) is 37.1 Å². The van der Waals surface area contributed by atoms with Crippen LogP contribution in [0.1, 0.15) is 29.6 Å². The lowest BCUT2D eigenvalue weighted by molar-refractivity contribution is 0.0953. The van der Waals surface area contributed by atoms with E-state index in [1.54, 1.807) is 0 Å². The van der Waals surface area contributed by atoms with Crippen LogP contribution in [0.3, 0.4) is 0 Å². The van der Waals surface area contributed by atoms with Crippen molar-refractivity contribution in [2.24, 2.45) is 0 Å². The monoisotopic (exact) mass is 296 g/mol. The van der Waals surface area contributed by atoms with Crippen LogP contribution in [0, 0.1) is 0 Å². The van der Waals surface area contributed by atoms with Gasteiger partial charge in [-0.1, -0.05) is 0 Å². The molecule has 0 atom stereocenters. The fourth-order valence-electron chi connectivity index (χ4n) is 1.84. The van der Waals surface area contributed by atoms with Gasteiger partial charge in [-0.2, -0.15) is 0 Å². The van der Waals surface area contributed by atoms with Crippen molar-refractivity contribution in [3.05, 3.63) is 29.8 Å². The number of rotatable bonds is 7. The number of nitrogens with one attached hydrogen (secondary N) is 2. The second kappa shape index (κ2) is 6.37. The van der Waals surface area contributed by atoms with E-state index in [0.717, 1.165) is 19.2 Å². The van der Waals surface area contributed by atoms with Crippen molar-refractivity contribution < 1.29 is 13.2 Å². The molecule has 2 N–H and O–H groups in total. The van der Waals surface area contributed by atoms with Gasteiger partial charge in [-0.25, -0.2) is 8.42 Å². The lowest BCUT2D eigenvalue weighted by Gasteiger charge is -2.06. The number of hydrogen-bond acceptors (Lipinski definition) is 4. The van der Waals surface area contributed by atoms with Gasteiger partial charge < -0.3 is 10.6 Å². The van der Waals surface area contributed by atoms with E-state index in [0.29, 0.717) is 18.2 Å². The molecule has 1 aliphatic carbocycles. The van der Waals surface area contributed by atoms with Crippen LogP contribution in [0.2, 0.25) is 0 Å². The molecule has 5 nitrogen and oxygen atoms in total. The van der Waals surface area contributed by atoms with E-state index in [2.05, 4.69) is 10.6 Å². The standard InChI is InChI=1S/C14H20N2O3S/c1-20(18,19)13-7-3-11(4-8-13)14(17)16-10-2-9-15-12-5-6-12/h3-4,7-8,12,15H,2,5-6,9-10H2,1H3,(H,16,17). The summed E-state index contributed by atoms with van der Waals surface area (Å²) >= 11 is 0. The summed E-state index contributed by atoms with van der Waals surface area (Å²) in [5.74, 6) is -0.170. The highest BCUT2D eigenvalue weighted by molar-refractivity contribution is 7.90. The summed E-state index contributed by atoms with van der Waals surface area (Å²) in [5, 5.41) is 6.20. The summed E-state index contributed by atoms with van der Waals surface area (Å²) in [6, 6.07) is 6.68. The minimum absolute atomic E-state index is 0.170. The molecule has 110 valence electrons. The molecular formula is C14H20N2O3S. The topological polar surface area (TPSA) is 75.3 Å². The van der Waals surface area contributed by atoms with Crippen LogP contribution in [0.15, 0.2) is 29.2 Å². The normalized spacial score (nSPS) is 15.1. The Bertz CT molecular complexity index is 563. The number of benzene rings is 1. The van der Waals surface area contributed by atoms with Crippen molar-refractivity contribution in [2.45, 2.75) is 30.2 Å². The lowest BCUT2D eigenvalue weighted by atomic mass is 10.2. The number of amides is 1. The van der Waals surface area contributed by atoms with Crippen molar-refractivity contribution in [1.82, 2.24) is 10.6 Å². The van der Waals surface area contributed by atoms with Gasteiger partial charge in [0.15, 0.2) is 9.84 Å².